The van der Waals surface area contributed by atoms with Crippen molar-refractivity contribution in [1.82, 2.24) is 15.5 Å². The molecule has 0 radical (unpaired) electrons. The summed E-state index contributed by atoms with van der Waals surface area (Å²) in [6.45, 7) is 4.14. The highest BCUT2D eigenvalue weighted by Gasteiger charge is 2.55. The maximum atomic E-state index is 13.8. The fourth-order valence-corrected chi connectivity index (χ4v) is 7.15. The summed E-state index contributed by atoms with van der Waals surface area (Å²) in [7, 11) is 0. The van der Waals surface area contributed by atoms with Crippen LogP contribution in [0.15, 0.2) is 48.5 Å². The van der Waals surface area contributed by atoms with Crippen LogP contribution in [-0.2, 0) is 16.0 Å². The highest BCUT2D eigenvalue weighted by Crippen LogP contribution is 2.51. The van der Waals surface area contributed by atoms with Crippen molar-refractivity contribution in [1.29, 1.82) is 0 Å². The number of nitrogens with zero attached hydrogens (tertiary/aromatic N) is 1. The third-order valence-corrected chi connectivity index (χ3v) is 9.24. The van der Waals surface area contributed by atoms with Gasteiger partial charge in [-0.25, -0.2) is 0 Å². The highest BCUT2D eigenvalue weighted by molar-refractivity contribution is 8.01. The van der Waals surface area contributed by atoms with Crippen LogP contribution in [-0.4, -0.2) is 68.2 Å². The van der Waals surface area contributed by atoms with Crippen molar-refractivity contribution in [3.63, 3.8) is 0 Å². The van der Waals surface area contributed by atoms with E-state index in [4.69, 9.17) is 0 Å². The molecule has 0 bridgehead atoms. The predicted molar refractivity (Wildman–Crippen MR) is 148 cm³/mol. The molecule has 2 aromatic rings. The number of phenols is 1. The van der Waals surface area contributed by atoms with Crippen molar-refractivity contribution in [2.45, 2.75) is 75.3 Å². The highest BCUT2D eigenvalue weighted by atomic mass is 32.2. The monoisotopic (exact) mass is 539 g/mol. The second-order valence-corrected chi connectivity index (χ2v) is 11.6. The number of phenolic OH excluding ortho intramolecular Hbond substituents is 1. The molecule has 4 rings (SSSR count). The van der Waals surface area contributed by atoms with E-state index < -0.39 is 30.0 Å². The molecule has 1 aliphatic heterocycles. The lowest BCUT2D eigenvalue weighted by Gasteiger charge is -2.35. The molecule has 3 unspecified atom stereocenters. The maximum absolute atomic E-state index is 13.8. The number of aliphatic hydroxyl groups is 1. The Morgan fingerprint density at radius 3 is 2.50 bits per heavy atom. The Morgan fingerprint density at radius 1 is 1.11 bits per heavy atom. The van der Waals surface area contributed by atoms with Gasteiger partial charge in [-0.3, -0.25) is 14.4 Å². The summed E-state index contributed by atoms with van der Waals surface area (Å²) in [6.07, 6.45) is 3.16. The van der Waals surface area contributed by atoms with Crippen molar-refractivity contribution in [3.8, 4) is 5.75 Å². The molecule has 38 heavy (non-hydrogen) atoms. The van der Waals surface area contributed by atoms with Crippen LogP contribution in [0.4, 0.5) is 0 Å². The molecule has 1 heterocycles. The van der Waals surface area contributed by atoms with Crippen LogP contribution in [0, 0.1) is 6.92 Å². The standard InChI is InChI=1S/C29H37N3O5S/c1-3-16-30-27(36)25-29(14-7-8-15-29)38-18-32(25)28(37)24(34)22(17-20-10-5-4-6-11-20)31-26(35)21-12-9-13-23(33)19(21)2/h4-6,9-13,22,24-25,33-34H,3,7-8,14-18H2,1-2H3,(H,30,36)(H,31,35). The van der Waals surface area contributed by atoms with Gasteiger partial charge < -0.3 is 25.7 Å². The number of aliphatic hydroxyl groups excluding tert-OH is 1. The van der Waals surface area contributed by atoms with Gasteiger partial charge in [-0.1, -0.05) is 56.2 Å². The van der Waals surface area contributed by atoms with Crippen molar-refractivity contribution in [2.75, 3.05) is 12.4 Å². The van der Waals surface area contributed by atoms with Gasteiger partial charge >= 0.3 is 0 Å². The van der Waals surface area contributed by atoms with E-state index in [0.717, 1.165) is 37.7 Å². The van der Waals surface area contributed by atoms with E-state index in [1.54, 1.807) is 30.8 Å². The van der Waals surface area contributed by atoms with Crippen LogP contribution in [0.1, 0.15) is 60.5 Å². The number of rotatable bonds is 9. The first-order valence-corrected chi connectivity index (χ1v) is 14.3. The number of hydrogen-bond acceptors (Lipinski definition) is 6. The minimum absolute atomic E-state index is 0.00855. The summed E-state index contributed by atoms with van der Waals surface area (Å²) in [5.41, 5.74) is 1.52. The van der Waals surface area contributed by atoms with Gasteiger partial charge in [0, 0.05) is 22.4 Å². The molecule has 9 heteroatoms. The molecule has 1 saturated carbocycles. The Bertz CT molecular complexity index is 1150. The van der Waals surface area contributed by atoms with Crippen molar-refractivity contribution in [3.05, 3.63) is 65.2 Å². The fraction of sp³-hybridized carbons (Fsp3) is 0.483. The van der Waals surface area contributed by atoms with E-state index in [1.807, 2.05) is 37.3 Å². The third kappa shape index (κ3) is 5.83. The van der Waals surface area contributed by atoms with Crippen LogP contribution in [0.3, 0.4) is 0 Å². The Hall–Kier alpha value is -3.04. The number of hydrogen-bond donors (Lipinski definition) is 4. The SMILES string of the molecule is CCCNC(=O)C1N(C(=O)C(O)C(Cc2ccccc2)NC(=O)c2cccc(O)c2C)CSC12CCCC2. The van der Waals surface area contributed by atoms with E-state index >= 15 is 0 Å². The Kier molecular flexibility index (Phi) is 8.99. The van der Waals surface area contributed by atoms with Gasteiger partial charge in [0.15, 0.2) is 6.10 Å². The average molecular weight is 540 g/mol. The topological polar surface area (TPSA) is 119 Å². The van der Waals surface area contributed by atoms with E-state index in [0.29, 0.717) is 18.0 Å². The number of nitrogens with one attached hydrogen (secondary N) is 2. The quantitative estimate of drug-likeness (QED) is 0.389. The number of aromatic hydroxyl groups is 1. The average Bonchev–Trinajstić information content (AvgIpc) is 3.55. The van der Waals surface area contributed by atoms with Gasteiger partial charge in [0.1, 0.15) is 11.8 Å². The summed E-state index contributed by atoms with van der Waals surface area (Å²) in [5, 5.41) is 27.3. The molecule has 1 saturated heterocycles. The summed E-state index contributed by atoms with van der Waals surface area (Å²) in [6, 6.07) is 12.4. The first kappa shape index (κ1) is 28.0. The normalized spacial score (nSPS) is 19.8. The number of carbonyl (C=O) groups is 3. The van der Waals surface area contributed by atoms with E-state index in [1.165, 1.54) is 11.0 Å². The first-order chi connectivity index (χ1) is 18.3. The Morgan fingerprint density at radius 2 is 1.82 bits per heavy atom. The number of carbonyl (C=O) groups excluding carboxylic acids is 3. The van der Waals surface area contributed by atoms with Gasteiger partial charge in [-0.15, -0.1) is 11.8 Å². The van der Waals surface area contributed by atoms with Crippen molar-refractivity contribution >= 4 is 29.5 Å². The van der Waals surface area contributed by atoms with Gasteiger partial charge in [-0.05, 0) is 50.3 Å². The molecule has 0 aromatic heterocycles. The van der Waals surface area contributed by atoms with Crippen LogP contribution in [0.25, 0.3) is 0 Å². The zero-order valence-electron chi connectivity index (χ0n) is 22.0. The van der Waals surface area contributed by atoms with E-state index in [-0.39, 0.29) is 28.4 Å². The second kappa shape index (κ2) is 12.2. The van der Waals surface area contributed by atoms with Gasteiger partial charge in [0.05, 0.1) is 11.9 Å². The Balaban J connectivity index is 1.60. The molecule has 3 amide bonds. The predicted octanol–water partition coefficient (Wildman–Crippen LogP) is 3.14. The van der Waals surface area contributed by atoms with E-state index in [2.05, 4.69) is 10.6 Å². The molecule has 2 aliphatic rings. The van der Waals surface area contributed by atoms with Gasteiger partial charge in [-0.2, -0.15) is 0 Å². The third-order valence-electron chi connectivity index (χ3n) is 7.63. The van der Waals surface area contributed by atoms with Crippen LogP contribution in [0.2, 0.25) is 0 Å². The van der Waals surface area contributed by atoms with Crippen molar-refractivity contribution in [2.24, 2.45) is 0 Å². The first-order valence-electron chi connectivity index (χ1n) is 13.3. The second-order valence-electron chi connectivity index (χ2n) is 10.2. The summed E-state index contributed by atoms with van der Waals surface area (Å²) < 4.78 is -0.343. The molecule has 4 N–H and O–H groups in total. The molecular formula is C29H37N3O5S. The van der Waals surface area contributed by atoms with Crippen LogP contribution < -0.4 is 10.6 Å². The van der Waals surface area contributed by atoms with E-state index in [9.17, 15) is 24.6 Å². The number of thioether (sulfide) groups is 1. The number of benzene rings is 2. The fourth-order valence-electron chi connectivity index (χ4n) is 5.51. The summed E-state index contributed by atoms with van der Waals surface area (Å²) in [4.78, 5) is 41.9. The molecule has 2 aromatic carbocycles. The zero-order chi connectivity index (χ0) is 27.3. The molecule has 204 valence electrons. The zero-order valence-corrected chi connectivity index (χ0v) is 22.8. The summed E-state index contributed by atoms with van der Waals surface area (Å²) >= 11 is 1.62. The maximum Gasteiger partial charge on any atom is 0.254 e. The lowest BCUT2D eigenvalue weighted by atomic mass is 9.93. The largest absolute Gasteiger partial charge is 0.508 e. The molecule has 1 aliphatic carbocycles. The molecular weight excluding hydrogens is 502 g/mol. The van der Waals surface area contributed by atoms with Crippen LogP contribution in [0.5, 0.6) is 5.75 Å². The number of amides is 3. The molecule has 3 atom stereocenters. The Labute approximate surface area is 228 Å². The van der Waals surface area contributed by atoms with Gasteiger partial charge in [0.25, 0.3) is 11.8 Å². The van der Waals surface area contributed by atoms with Crippen LogP contribution >= 0.6 is 11.8 Å². The molecule has 1 spiro atoms. The lowest BCUT2D eigenvalue weighted by molar-refractivity contribution is -0.147. The minimum atomic E-state index is -1.56. The lowest BCUT2D eigenvalue weighted by Crippen LogP contribution is -2.59. The smallest absolute Gasteiger partial charge is 0.254 e. The minimum Gasteiger partial charge on any atom is -0.508 e. The summed E-state index contributed by atoms with van der Waals surface area (Å²) in [5.74, 6) is -0.931. The molecule has 2 fully saturated rings. The molecule has 8 nitrogen and oxygen atoms in total. The van der Waals surface area contributed by atoms with Crippen molar-refractivity contribution < 1.29 is 24.6 Å². The van der Waals surface area contributed by atoms with Gasteiger partial charge in [0.2, 0.25) is 5.91 Å².